The lowest BCUT2D eigenvalue weighted by Crippen LogP contribution is -1.93. The largest absolute Gasteiger partial charge is 0.501 e. The fourth-order valence-electron chi connectivity index (χ4n) is 0.674. The van der Waals surface area contributed by atoms with Crippen molar-refractivity contribution in [2.75, 3.05) is 20.8 Å². The monoisotopic (exact) mass is 184 g/mol. The van der Waals surface area contributed by atoms with Crippen LogP contribution >= 0.6 is 0 Å². The van der Waals surface area contributed by atoms with Gasteiger partial charge >= 0.3 is 0 Å². The van der Waals surface area contributed by atoms with Crippen molar-refractivity contribution in [3.8, 4) is 0 Å². The Kier molecular flexibility index (Phi) is 5.72. The van der Waals surface area contributed by atoms with E-state index in [1.54, 1.807) is 26.2 Å². The van der Waals surface area contributed by atoms with Gasteiger partial charge in [-0.15, -0.1) is 0 Å². The summed E-state index contributed by atoms with van der Waals surface area (Å²) in [6.45, 7) is 5.33. The first-order chi connectivity index (χ1) is 6.15. The summed E-state index contributed by atoms with van der Waals surface area (Å²) in [5, 5.41) is 8.95. The van der Waals surface area contributed by atoms with Gasteiger partial charge in [-0.05, 0) is 19.1 Å². The third-order valence-corrected chi connectivity index (χ3v) is 1.66. The van der Waals surface area contributed by atoms with E-state index in [0.717, 1.165) is 0 Å². The zero-order valence-corrected chi connectivity index (χ0v) is 8.33. The maximum absolute atomic E-state index is 8.95. The molecule has 3 heteroatoms. The summed E-state index contributed by atoms with van der Waals surface area (Å²) in [5.74, 6) is 1.22. The number of methoxy groups -OCH3 is 2. The molecule has 0 heterocycles. The van der Waals surface area contributed by atoms with Crippen molar-refractivity contribution >= 4 is 0 Å². The van der Waals surface area contributed by atoms with Gasteiger partial charge in [0.2, 0.25) is 0 Å². The Labute approximate surface area is 79.0 Å². The van der Waals surface area contributed by atoms with Crippen molar-refractivity contribution in [1.82, 2.24) is 0 Å². The quantitative estimate of drug-likeness (QED) is 0.521. The van der Waals surface area contributed by atoms with Gasteiger partial charge in [-0.25, -0.2) is 0 Å². The van der Waals surface area contributed by atoms with Gasteiger partial charge in [0.25, 0.3) is 0 Å². The fraction of sp³-hybridized carbons (Fsp3) is 0.400. The van der Waals surface area contributed by atoms with Crippen molar-refractivity contribution in [3.05, 3.63) is 35.8 Å². The normalized spacial score (nSPS) is 12.6. The lowest BCUT2D eigenvalue weighted by atomic mass is 10.2. The Bertz CT molecular complexity index is 226. The van der Waals surface area contributed by atoms with Crippen LogP contribution in [0.1, 0.15) is 6.92 Å². The lowest BCUT2D eigenvalue weighted by Gasteiger charge is -2.04. The smallest absolute Gasteiger partial charge is 0.111 e. The number of hydrogen-bond acceptors (Lipinski definition) is 3. The molecule has 0 saturated heterocycles. The summed E-state index contributed by atoms with van der Waals surface area (Å²) >= 11 is 0. The Hall–Kier alpha value is -1.22. The van der Waals surface area contributed by atoms with Gasteiger partial charge in [0, 0.05) is 5.57 Å². The molecule has 74 valence electrons. The molecular weight excluding hydrogens is 168 g/mol. The zero-order valence-electron chi connectivity index (χ0n) is 8.33. The van der Waals surface area contributed by atoms with E-state index in [0.29, 0.717) is 17.1 Å². The zero-order chi connectivity index (χ0) is 10.3. The third kappa shape index (κ3) is 4.38. The molecule has 0 saturated carbocycles. The predicted octanol–water partition coefficient (Wildman–Crippen LogP) is 1.62. The van der Waals surface area contributed by atoms with E-state index in [9.17, 15) is 0 Å². The van der Waals surface area contributed by atoms with Gasteiger partial charge in [-0.1, -0.05) is 6.58 Å². The molecule has 0 aliphatic rings. The van der Waals surface area contributed by atoms with Crippen LogP contribution in [0.3, 0.4) is 0 Å². The molecule has 0 unspecified atom stereocenters. The Morgan fingerprint density at radius 3 is 2.31 bits per heavy atom. The molecule has 0 aliphatic heterocycles. The van der Waals surface area contributed by atoms with Crippen molar-refractivity contribution < 1.29 is 14.6 Å². The summed E-state index contributed by atoms with van der Waals surface area (Å²) in [6, 6.07) is 0. The van der Waals surface area contributed by atoms with E-state index in [2.05, 4.69) is 6.58 Å². The van der Waals surface area contributed by atoms with Crippen LogP contribution < -0.4 is 0 Å². The molecule has 0 bridgehead atoms. The molecular formula is C10H16O3. The predicted molar refractivity (Wildman–Crippen MR) is 52.1 cm³/mol. The van der Waals surface area contributed by atoms with Gasteiger partial charge in [-0.3, -0.25) is 0 Å². The molecule has 0 fully saturated rings. The van der Waals surface area contributed by atoms with Crippen LogP contribution in [-0.2, 0) is 9.47 Å². The molecule has 0 aromatic heterocycles. The van der Waals surface area contributed by atoms with E-state index in [-0.39, 0.29) is 6.61 Å². The lowest BCUT2D eigenvalue weighted by molar-refractivity contribution is 0.273. The molecule has 0 aliphatic carbocycles. The number of allylic oxidation sites excluding steroid dienone is 2. The average Bonchev–Trinajstić information content (AvgIpc) is 2.17. The third-order valence-electron chi connectivity index (χ3n) is 1.66. The Balaban J connectivity index is 4.46. The topological polar surface area (TPSA) is 38.7 Å². The van der Waals surface area contributed by atoms with Crippen molar-refractivity contribution in [2.24, 2.45) is 0 Å². The first kappa shape index (κ1) is 11.8. The van der Waals surface area contributed by atoms with Crippen LogP contribution in [0.5, 0.6) is 0 Å². The van der Waals surface area contributed by atoms with E-state index in [1.807, 2.05) is 0 Å². The highest BCUT2D eigenvalue weighted by atomic mass is 16.5. The van der Waals surface area contributed by atoms with Crippen molar-refractivity contribution in [2.45, 2.75) is 6.92 Å². The first-order valence-corrected chi connectivity index (χ1v) is 3.91. The number of aliphatic hydroxyl groups excluding tert-OH is 1. The molecule has 3 nitrogen and oxygen atoms in total. The second kappa shape index (κ2) is 6.31. The summed E-state index contributed by atoms with van der Waals surface area (Å²) in [5.41, 5.74) is 0.709. The highest BCUT2D eigenvalue weighted by Gasteiger charge is 1.96. The van der Waals surface area contributed by atoms with E-state index in [1.165, 1.54) is 7.11 Å². The molecule has 0 atom stereocenters. The highest BCUT2D eigenvalue weighted by molar-refractivity contribution is 5.26. The van der Waals surface area contributed by atoms with Crippen molar-refractivity contribution in [1.29, 1.82) is 0 Å². The van der Waals surface area contributed by atoms with E-state index >= 15 is 0 Å². The number of rotatable bonds is 5. The molecule has 0 aromatic rings. The summed E-state index contributed by atoms with van der Waals surface area (Å²) in [7, 11) is 3.10. The Morgan fingerprint density at radius 2 is 1.92 bits per heavy atom. The fourth-order valence-corrected chi connectivity index (χ4v) is 0.674. The molecule has 13 heavy (non-hydrogen) atoms. The van der Waals surface area contributed by atoms with Crippen LogP contribution in [0.4, 0.5) is 0 Å². The maximum Gasteiger partial charge on any atom is 0.111 e. The van der Waals surface area contributed by atoms with Gasteiger partial charge in [0.1, 0.15) is 5.76 Å². The van der Waals surface area contributed by atoms with Gasteiger partial charge in [0.05, 0.1) is 26.6 Å². The molecule has 0 aromatic carbocycles. The number of ether oxygens (including phenoxy) is 2. The van der Waals surface area contributed by atoms with Crippen LogP contribution in [-0.4, -0.2) is 25.9 Å². The number of hydrogen-bond donors (Lipinski definition) is 1. The molecule has 0 amide bonds. The molecule has 0 rings (SSSR count). The first-order valence-electron chi connectivity index (χ1n) is 3.91. The van der Waals surface area contributed by atoms with Crippen molar-refractivity contribution in [3.63, 3.8) is 0 Å². The molecule has 0 spiro atoms. The summed E-state index contributed by atoms with van der Waals surface area (Å²) in [4.78, 5) is 0. The second-order valence-corrected chi connectivity index (χ2v) is 2.45. The van der Waals surface area contributed by atoms with Crippen LogP contribution in [0, 0.1) is 0 Å². The number of aliphatic hydroxyl groups is 1. The molecule has 1 N–H and O–H groups in total. The SMILES string of the molecule is C=C(/C=C\C(CO)=C(/C)OC)OC. The summed E-state index contributed by atoms with van der Waals surface area (Å²) < 4.78 is 9.80. The van der Waals surface area contributed by atoms with E-state index in [4.69, 9.17) is 14.6 Å². The average molecular weight is 184 g/mol. The van der Waals surface area contributed by atoms with Crippen LogP contribution in [0.15, 0.2) is 35.8 Å². The Morgan fingerprint density at radius 1 is 1.31 bits per heavy atom. The van der Waals surface area contributed by atoms with Gasteiger partial charge in [0.15, 0.2) is 0 Å². The minimum atomic E-state index is -0.0623. The van der Waals surface area contributed by atoms with E-state index < -0.39 is 0 Å². The summed E-state index contributed by atoms with van der Waals surface area (Å²) in [6.07, 6.45) is 3.39. The van der Waals surface area contributed by atoms with Gasteiger partial charge in [-0.2, -0.15) is 0 Å². The standard InChI is InChI=1S/C10H16O3/c1-8(12-3)5-6-10(7-11)9(2)13-4/h5-6,11H,1,7H2,2-4H3/b6-5-,10-9-. The van der Waals surface area contributed by atoms with Gasteiger partial charge < -0.3 is 14.6 Å². The minimum absolute atomic E-state index is 0.0623. The van der Waals surface area contributed by atoms with Crippen LogP contribution in [0.25, 0.3) is 0 Å². The second-order valence-electron chi connectivity index (χ2n) is 2.45. The maximum atomic E-state index is 8.95. The molecule has 0 radical (unpaired) electrons. The minimum Gasteiger partial charge on any atom is -0.501 e. The van der Waals surface area contributed by atoms with Crippen LogP contribution in [0.2, 0.25) is 0 Å². The highest BCUT2D eigenvalue weighted by Crippen LogP contribution is 2.07.